The van der Waals surface area contributed by atoms with E-state index in [1.54, 1.807) is 13.4 Å². The lowest BCUT2D eigenvalue weighted by Gasteiger charge is -2.16. The van der Waals surface area contributed by atoms with E-state index >= 15 is 0 Å². The molecule has 0 saturated carbocycles. The maximum absolute atomic E-state index is 5.89. The third kappa shape index (κ3) is 9.08. The Morgan fingerprint density at radius 2 is 2.13 bits per heavy atom. The largest absolute Gasteiger partial charge is 0.491 e. The minimum absolute atomic E-state index is 0. The van der Waals surface area contributed by atoms with E-state index in [4.69, 9.17) is 23.6 Å². The van der Waals surface area contributed by atoms with E-state index in [9.17, 15) is 0 Å². The highest BCUT2D eigenvalue weighted by Gasteiger charge is 2.15. The Balaban J connectivity index is 0.00000341. The van der Waals surface area contributed by atoms with Crippen LogP contribution in [0.2, 0.25) is 0 Å². The van der Waals surface area contributed by atoms with Crippen molar-refractivity contribution in [3.8, 4) is 5.75 Å². The number of nitrogens with zero attached hydrogens (tertiary/aromatic N) is 1. The first-order chi connectivity index (χ1) is 14.7. The van der Waals surface area contributed by atoms with Crippen molar-refractivity contribution < 1.29 is 18.6 Å². The van der Waals surface area contributed by atoms with Crippen molar-refractivity contribution in [2.45, 2.75) is 38.8 Å². The molecular weight excluding hydrogens is 509 g/mol. The molecule has 1 saturated heterocycles. The van der Waals surface area contributed by atoms with Crippen LogP contribution in [-0.4, -0.2) is 52.1 Å². The predicted octanol–water partition coefficient (Wildman–Crippen LogP) is 3.69. The summed E-state index contributed by atoms with van der Waals surface area (Å²) in [6.45, 7) is 5.97. The zero-order valence-corrected chi connectivity index (χ0v) is 20.7. The van der Waals surface area contributed by atoms with E-state index in [1.165, 1.54) is 0 Å². The second-order valence-corrected chi connectivity index (χ2v) is 7.39. The molecule has 0 spiro atoms. The highest BCUT2D eigenvalue weighted by atomic mass is 127. The van der Waals surface area contributed by atoms with Gasteiger partial charge in [0, 0.05) is 38.8 Å². The van der Waals surface area contributed by atoms with E-state index in [0.29, 0.717) is 19.8 Å². The standard InChI is InChI=1S/C23H33N3O4.HI/c1-18-7-8-19(22(15-18)30-14-13-27-2)16-25-23(26-17-21-6-4-12-29-21)24-10-9-20-5-3-11-28-20;/h3,5,7-8,11,15,21H,4,6,9-10,12-14,16-17H2,1-2H3,(H2,24,25,26);1H. The molecule has 8 heteroatoms. The van der Waals surface area contributed by atoms with Gasteiger partial charge >= 0.3 is 0 Å². The average Bonchev–Trinajstić information content (AvgIpc) is 3.45. The van der Waals surface area contributed by atoms with Gasteiger partial charge in [-0.05, 0) is 43.5 Å². The van der Waals surface area contributed by atoms with E-state index in [1.807, 2.05) is 18.2 Å². The van der Waals surface area contributed by atoms with Crippen molar-refractivity contribution in [3.63, 3.8) is 0 Å². The molecule has 1 aromatic heterocycles. The number of aryl methyl sites for hydroxylation is 1. The number of furan rings is 1. The first kappa shape index (κ1) is 25.5. The van der Waals surface area contributed by atoms with Gasteiger partial charge in [0.2, 0.25) is 0 Å². The van der Waals surface area contributed by atoms with Gasteiger partial charge < -0.3 is 29.3 Å². The number of nitrogens with one attached hydrogen (secondary N) is 2. The zero-order valence-electron chi connectivity index (χ0n) is 18.4. The Labute approximate surface area is 202 Å². The lowest BCUT2D eigenvalue weighted by molar-refractivity contribution is 0.114. The van der Waals surface area contributed by atoms with Crippen molar-refractivity contribution in [2.24, 2.45) is 4.99 Å². The number of halogens is 1. The fourth-order valence-electron chi connectivity index (χ4n) is 3.28. The number of hydrogen-bond acceptors (Lipinski definition) is 5. The molecule has 0 amide bonds. The van der Waals surface area contributed by atoms with Gasteiger partial charge in [0.1, 0.15) is 18.1 Å². The topological polar surface area (TPSA) is 77.2 Å². The maximum atomic E-state index is 5.89. The highest BCUT2D eigenvalue weighted by Crippen LogP contribution is 2.21. The summed E-state index contributed by atoms with van der Waals surface area (Å²) in [5, 5.41) is 6.82. The van der Waals surface area contributed by atoms with Crippen LogP contribution in [-0.2, 0) is 22.4 Å². The molecule has 2 aromatic rings. The number of methoxy groups -OCH3 is 1. The van der Waals surface area contributed by atoms with Gasteiger partial charge in [-0.3, -0.25) is 0 Å². The number of aliphatic imine (C=N–C) groups is 1. The van der Waals surface area contributed by atoms with Gasteiger partial charge in [0.15, 0.2) is 5.96 Å². The summed E-state index contributed by atoms with van der Waals surface area (Å²) in [4.78, 5) is 4.79. The Bertz CT molecular complexity index is 777. The van der Waals surface area contributed by atoms with Crippen LogP contribution in [0.4, 0.5) is 0 Å². The summed E-state index contributed by atoms with van der Waals surface area (Å²) in [5.74, 6) is 2.57. The molecule has 0 bridgehead atoms. The summed E-state index contributed by atoms with van der Waals surface area (Å²) in [6, 6.07) is 10.1. The number of benzene rings is 1. The van der Waals surface area contributed by atoms with Crippen LogP contribution < -0.4 is 15.4 Å². The molecule has 2 heterocycles. The molecule has 31 heavy (non-hydrogen) atoms. The van der Waals surface area contributed by atoms with Crippen LogP contribution in [0.25, 0.3) is 0 Å². The summed E-state index contributed by atoms with van der Waals surface area (Å²) >= 11 is 0. The maximum Gasteiger partial charge on any atom is 0.191 e. The number of ether oxygens (including phenoxy) is 3. The number of guanidine groups is 1. The van der Waals surface area contributed by atoms with Crippen LogP contribution >= 0.6 is 24.0 Å². The molecule has 172 valence electrons. The van der Waals surface area contributed by atoms with Gasteiger partial charge in [-0.25, -0.2) is 4.99 Å². The van der Waals surface area contributed by atoms with Gasteiger partial charge in [0.25, 0.3) is 0 Å². The van der Waals surface area contributed by atoms with Crippen LogP contribution in [0.15, 0.2) is 46.0 Å². The molecule has 0 radical (unpaired) electrons. The number of hydrogen-bond donors (Lipinski definition) is 2. The first-order valence-electron chi connectivity index (χ1n) is 10.6. The second-order valence-electron chi connectivity index (χ2n) is 7.39. The zero-order chi connectivity index (χ0) is 21.0. The van der Waals surface area contributed by atoms with Crippen LogP contribution in [0.3, 0.4) is 0 Å². The van der Waals surface area contributed by atoms with Crippen molar-refractivity contribution in [1.82, 2.24) is 10.6 Å². The average molecular weight is 543 g/mol. The van der Waals surface area contributed by atoms with Crippen molar-refractivity contribution in [1.29, 1.82) is 0 Å². The van der Waals surface area contributed by atoms with E-state index in [0.717, 1.165) is 67.6 Å². The number of rotatable bonds is 11. The first-order valence-corrected chi connectivity index (χ1v) is 10.6. The second kappa shape index (κ2) is 14.3. The molecule has 1 fully saturated rings. The van der Waals surface area contributed by atoms with Crippen molar-refractivity contribution in [3.05, 3.63) is 53.5 Å². The summed E-state index contributed by atoms with van der Waals surface area (Å²) in [6.07, 6.45) is 4.94. The summed E-state index contributed by atoms with van der Waals surface area (Å²) in [7, 11) is 1.67. The summed E-state index contributed by atoms with van der Waals surface area (Å²) < 4.78 is 22.1. The molecule has 2 N–H and O–H groups in total. The lowest BCUT2D eigenvalue weighted by Crippen LogP contribution is -2.41. The quantitative estimate of drug-likeness (QED) is 0.195. The molecule has 3 rings (SSSR count). The van der Waals surface area contributed by atoms with E-state index < -0.39 is 0 Å². The minimum atomic E-state index is 0. The third-order valence-corrected chi connectivity index (χ3v) is 4.94. The Kier molecular flexibility index (Phi) is 11.8. The van der Waals surface area contributed by atoms with Gasteiger partial charge in [-0.1, -0.05) is 12.1 Å². The van der Waals surface area contributed by atoms with Crippen molar-refractivity contribution >= 4 is 29.9 Å². The fourth-order valence-corrected chi connectivity index (χ4v) is 3.28. The van der Waals surface area contributed by atoms with E-state index in [-0.39, 0.29) is 30.1 Å². The Morgan fingerprint density at radius 1 is 1.23 bits per heavy atom. The molecule has 1 aliphatic rings. The van der Waals surface area contributed by atoms with Crippen LogP contribution in [0, 0.1) is 6.92 Å². The highest BCUT2D eigenvalue weighted by molar-refractivity contribution is 14.0. The molecule has 0 aliphatic carbocycles. The predicted molar refractivity (Wildman–Crippen MR) is 132 cm³/mol. The molecule has 1 aliphatic heterocycles. The molecule has 1 aromatic carbocycles. The molecule has 1 unspecified atom stereocenters. The Hall–Kier alpha value is -1.78. The van der Waals surface area contributed by atoms with Gasteiger partial charge in [0.05, 0.1) is 25.5 Å². The normalized spacial score (nSPS) is 16.1. The third-order valence-electron chi connectivity index (χ3n) is 4.94. The smallest absolute Gasteiger partial charge is 0.191 e. The lowest BCUT2D eigenvalue weighted by atomic mass is 10.1. The molecular formula is C23H34IN3O4. The summed E-state index contributed by atoms with van der Waals surface area (Å²) in [5.41, 5.74) is 2.20. The van der Waals surface area contributed by atoms with Gasteiger partial charge in [-0.15, -0.1) is 24.0 Å². The molecule has 7 nitrogen and oxygen atoms in total. The SMILES string of the molecule is COCCOc1cc(C)ccc1CN=C(NCCc1ccco1)NCC1CCCO1.I. The monoisotopic (exact) mass is 543 g/mol. The minimum Gasteiger partial charge on any atom is -0.491 e. The van der Waals surface area contributed by atoms with Gasteiger partial charge in [-0.2, -0.15) is 0 Å². The Morgan fingerprint density at radius 3 is 2.87 bits per heavy atom. The van der Waals surface area contributed by atoms with Crippen LogP contribution in [0.1, 0.15) is 29.7 Å². The molecule has 1 atom stereocenters. The van der Waals surface area contributed by atoms with Crippen LogP contribution in [0.5, 0.6) is 5.75 Å². The van der Waals surface area contributed by atoms with E-state index in [2.05, 4.69) is 29.7 Å². The fraction of sp³-hybridized carbons (Fsp3) is 0.522. The van der Waals surface area contributed by atoms with Crippen molar-refractivity contribution in [2.75, 3.05) is 40.0 Å².